The highest BCUT2D eigenvalue weighted by atomic mass is 35.5. The van der Waals surface area contributed by atoms with Gasteiger partial charge in [0.2, 0.25) is 0 Å². The number of carbonyl (C=O) groups excluding carboxylic acids is 2. The monoisotopic (exact) mass is 353 g/mol. The van der Waals surface area contributed by atoms with Crippen molar-refractivity contribution in [3.63, 3.8) is 0 Å². The number of benzene rings is 1. The Morgan fingerprint density at radius 3 is 2.62 bits per heavy atom. The van der Waals surface area contributed by atoms with Crippen LogP contribution in [0.15, 0.2) is 18.2 Å². The average Bonchev–Trinajstić information content (AvgIpc) is 2.85. The Morgan fingerprint density at radius 1 is 1.21 bits per heavy atom. The van der Waals surface area contributed by atoms with Gasteiger partial charge in [-0.3, -0.25) is 4.79 Å². The van der Waals surface area contributed by atoms with Gasteiger partial charge >= 0.3 is 6.03 Å². The number of rotatable bonds is 1. The highest BCUT2D eigenvalue weighted by Gasteiger charge is 2.39. The lowest BCUT2D eigenvalue weighted by Gasteiger charge is -2.36. The molecule has 4 rings (SSSR count). The molecule has 2 bridgehead atoms. The first-order chi connectivity index (χ1) is 11.4. The molecule has 3 saturated heterocycles. The third-order valence-corrected chi connectivity index (χ3v) is 5.10. The number of amides is 3. The van der Waals surface area contributed by atoms with Crippen molar-refractivity contribution in [1.82, 2.24) is 14.7 Å². The smallest absolute Gasteiger partial charge is 0.319 e. The molecule has 2 atom stereocenters. The van der Waals surface area contributed by atoms with Gasteiger partial charge in [0.25, 0.3) is 5.91 Å². The fraction of sp³-hybridized carbons (Fsp3) is 0.529. The summed E-state index contributed by atoms with van der Waals surface area (Å²) in [5.74, 6) is -0.388. The molecule has 130 valence electrons. The highest BCUT2D eigenvalue weighted by Crippen LogP contribution is 2.31. The van der Waals surface area contributed by atoms with Gasteiger partial charge in [0.15, 0.2) is 0 Å². The summed E-state index contributed by atoms with van der Waals surface area (Å²) in [5.41, 5.74) is 0.316. The normalized spacial score (nSPS) is 23.2. The summed E-state index contributed by atoms with van der Waals surface area (Å²) in [6, 6.07) is 3.78. The molecule has 3 aliphatic heterocycles. The second-order valence-electron chi connectivity index (χ2n) is 6.76. The molecule has 0 N–H and O–H groups in total. The summed E-state index contributed by atoms with van der Waals surface area (Å²) in [4.78, 5) is 30.4. The molecule has 1 aromatic carbocycles. The standard InChI is InChI=1S/C17H21ClFN3O2/c1-20(2)17(24)21-8-11-3-5-13(10-21)22(9-11)16(23)14-6-4-12(19)7-15(14)18/h4,6-7,11,13H,3,5,8-10H2,1-2H3/t11-,13+/m0/s1. The van der Waals surface area contributed by atoms with Crippen LogP contribution in [-0.4, -0.2) is 66.4 Å². The topological polar surface area (TPSA) is 43.9 Å². The Bertz CT molecular complexity index is 667. The number of halogens is 2. The second kappa shape index (κ2) is 6.59. The third-order valence-electron chi connectivity index (χ3n) is 4.79. The molecular formula is C17H21ClFN3O2. The second-order valence-corrected chi connectivity index (χ2v) is 7.17. The summed E-state index contributed by atoms with van der Waals surface area (Å²) in [6.07, 6.45) is 1.87. The zero-order chi connectivity index (χ0) is 17.4. The van der Waals surface area contributed by atoms with Crippen LogP contribution >= 0.6 is 11.6 Å². The molecule has 1 aromatic rings. The van der Waals surface area contributed by atoms with E-state index in [1.54, 1.807) is 23.9 Å². The van der Waals surface area contributed by atoms with E-state index < -0.39 is 5.82 Å². The van der Waals surface area contributed by atoms with Crippen molar-refractivity contribution in [1.29, 1.82) is 0 Å². The summed E-state index contributed by atoms with van der Waals surface area (Å²) in [5, 5.41) is 0.126. The Hall–Kier alpha value is -1.82. The lowest BCUT2D eigenvalue weighted by molar-refractivity contribution is 0.0586. The minimum absolute atomic E-state index is 0.0266. The van der Waals surface area contributed by atoms with E-state index in [9.17, 15) is 14.0 Å². The molecule has 24 heavy (non-hydrogen) atoms. The van der Waals surface area contributed by atoms with E-state index in [2.05, 4.69) is 0 Å². The van der Waals surface area contributed by atoms with E-state index in [0.717, 1.165) is 18.9 Å². The zero-order valence-corrected chi connectivity index (χ0v) is 14.6. The van der Waals surface area contributed by atoms with E-state index in [1.807, 2.05) is 4.90 Å². The first kappa shape index (κ1) is 17.0. The molecule has 0 aliphatic carbocycles. The minimum Gasteiger partial charge on any atom is -0.333 e. The van der Waals surface area contributed by atoms with Gasteiger partial charge in [-0.15, -0.1) is 0 Å². The summed E-state index contributed by atoms with van der Waals surface area (Å²) in [6.45, 7) is 1.79. The molecule has 7 heteroatoms. The van der Waals surface area contributed by atoms with Gasteiger partial charge in [-0.25, -0.2) is 9.18 Å². The molecule has 0 saturated carbocycles. The van der Waals surface area contributed by atoms with Crippen LogP contribution in [0, 0.1) is 11.7 Å². The van der Waals surface area contributed by atoms with Crippen LogP contribution < -0.4 is 0 Å². The third kappa shape index (κ3) is 3.20. The zero-order valence-electron chi connectivity index (χ0n) is 13.8. The van der Waals surface area contributed by atoms with Crippen molar-refractivity contribution < 1.29 is 14.0 Å². The molecule has 5 nitrogen and oxygen atoms in total. The maximum Gasteiger partial charge on any atom is 0.319 e. The van der Waals surface area contributed by atoms with Gasteiger partial charge in [0, 0.05) is 39.8 Å². The SMILES string of the molecule is CN(C)C(=O)N1C[C@@H]2CC[C@H](C1)N(C(=O)c1ccc(F)cc1Cl)C2. The van der Waals surface area contributed by atoms with Gasteiger partial charge in [-0.1, -0.05) is 11.6 Å². The Labute approximate surface area is 146 Å². The lowest BCUT2D eigenvalue weighted by Crippen LogP contribution is -2.48. The van der Waals surface area contributed by atoms with E-state index in [4.69, 9.17) is 11.6 Å². The Kier molecular flexibility index (Phi) is 4.67. The number of carbonyl (C=O) groups is 2. The van der Waals surface area contributed by atoms with Gasteiger partial charge in [-0.2, -0.15) is 0 Å². The molecule has 0 radical (unpaired) electrons. The summed E-state index contributed by atoms with van der Waals surface area (Å²) < 4.78 is 13.2. The number of urea groups is 1. The van der Waals surface area contributed by atoms with Gasteiger partial charge in [0.05, 0.1) is 10.6 Å². The van der Waals surface area contributed by atoms with Crippen molar-refractivity contribution in [2.75, 3.05) is 33.7 Å². The van der Waals surface area contributed by atoms with Gasteiger partial charge in [-0.05, 0) is 37.0 Å². The quantitative estimate of drug-likeness (QED) is 0.779. The maximum absolute atomic E-state index is 13.2. The van der Waals surface area contributed by atoms with E-state index in [1.165, 1.54) is 12.1 Å². The molecule has 3 fully saturated rings. The number of piperidine rings is 1. The average molecular weight is 354 g/mol. The van der Waals surface area contributed by atoms with Crippen molar-refractivity contribution in [3.8, 4) is 0 Å². The van der Waals surface area contributed by atoms with Crippen molar-refractivity contribution in [2.45, 2.75) is 18.9 Å². The van der Waals surface area contributed by atoms with Crippen LogP contribution in [0.5, 0.6) is 0 Å². The molecule has 3 heterocycles. The van der Waals surface area contributed by atoms with Gasteiger partial charge in [0.1, 0.15) is 5.82 Å². The summed E-state index contributed by atoms with van der Waals surface area (Å²) in [7, 11) is 3.46. The van der Waals surface area contributed by atoms with Crippen LogP contribution in [0.1, 0.15) is 23.2 Å². The maximum atomic E-state index is 13.2. The van der Waals surface area contributed by atoms with Crippen LogP contribution in [0.25, 0.3) is 0 Å². The predicted molar refractivity (Wildman–Crippen MR) is 89.6 cm³/mol. The molecule has 0 unspecified atom stereocenters. The predicted octanol–water partition coefficient (Wildman–Crippen LogP) is 2.70. The van der Waals surface area contributed by atoms with Crippen LogP contribution in [0.3, 0.4) is 0 Å². The Morgan fingerprint density at radius 2 is 1.96 bits per heavy atom. The van der Waals surface area contributed by atoms with Crippen molar-refractivity contribution >= 4 is 23.5 Å². The van der Waals surface area contributed by atoms with E-state index in [-0.39, 0.29) is 28.9 Å². The fourth-order valence-corrected chi connectivity index (χ4v) is 3.84. The van der Waals surface area contributed by atoms with E-state index in [0.29, 0.717) is 25.2 Å². The van der Waals surface area contributed by atoms with E-state index >= 15 is 0 Å². The largest absolute Gasteiger partial charge is 0.333 e. The van der Waals surface area contributed by atoms with Crippen molar-refractivity contribution in [3.05, 3.63) is 34.6 Å². The number of hydrogen-bond acceptors (Lipinski definition) is 2. The highest BCUT2D eigenvalue weighted by molar-refractivity contribution is 6.33. The lowest BCUT2D eigenvalue weighted by atomic mass is 9.94. The molecule has 3 amide bonds. The van der Waals surface area contributed by atoms with Crippen LogP contribution in [-0.2, 0) is 0 Å². The number of nitrogens with zero attached hydrogens (tertiary/aromatic N) is 3. The molecule has 0 spiro atoms. The van der Waals surface area contributed by atoms with Crippen LogP contribution in [0.2, 0.25) is 5.02 Å². The first-order valence-electron chi connectivity index (χ1n) is 8.09. The van der Waals surface area contributed by atoms with Crippen molar-refractivity contribution in [2.24, 2.45) is 5.92 Å². The first-order valence-corrected chi connectivity index (χ1v) is 8.47. The Balaban J connectivity index is 1.83. The fourth-order valence-electron chi connectivity index (χ4n) is 3.59. The molecule has 0 aromatic heterocycles. The van der Waals surface area contributed by atoms with Gasteiger partial charge < -0.3 is 14.7 Å². The molecule has 3 aliphatic rings. The summed E-state index contributed by atoms with van der Waals surface area (Å²) >= 11 is 6.05. The minimum atomic E-state index is -0.461. The molecular weight excluding hydrogens is 333 g/mol. The number of fused-ring (bicyclic) bond motifs is 4. The number of hydrogen-bond donors (Lipinski definition) is 0. The van der Waals surface area contributed by atoms with Crippen LogP contribution in [0.4, 0.5) is 9.18 Å².